The third kappa shape index (κ3) is 3.22. The number of allylic oxidation sites excluding steroid dienone is 1. The van der Waals surface area contributed by atoms with Crippen molar-refractivity contribution in [2.45, 2.75) is 46.0 Å². The van der Waals surface area contributed by atoms with Gasteiger partial charge in [-0.15, -0.1) is 5.53 Å². The number of unbranched alkanes of at least 4 members (excludes halogenated alkanes) is 2. The predicted octanol–water partition coefficient (Wildman–Crippen LogP) is 2.49. The van der Waals surface area contributed by atoms with Crippen LogP contribution in [0, 0.1) is 0 Å². The third-order valence-electron chi connectivity index (χ3n) is 2.49. The molecular weight excluding hydrogens is 174 g/mol. The molecule has 14 heavy (non-hydrogen) atoms. The van der Waals surface area contributed by atoms with E-state index in [0.29, 0.717) is 0 Å². The van der Waals surface area contributed by atoms with Crippen molar-refractivity contribution in [3.63, 3.8) is 0 Å². The van der Waals surface area contributed by atoms with Gasteiger partial charge in [0.15, 0.2) is 0 Å². The van der Waals surface area contributed by atoms with Gasteiger partial charge in [0, 0.05) is 25.5 Å². The quantitative estimate of drug-likeness (QED) is 0.705. The molecule has 0 radical (unpaired) electrons. The van der Waals surface area contributed by atoms with Gasteiger partial charge in [0.05, 0.1) is 0 Å². The summed E-state index contributed by atoms with van der Waals surface area (Å²) in [7, 11) is 2.05. The van der Waals surface area contributed by atoms with Gasteiger partial charge in [-0.25, -0.2) is 0 Å². The Hall–Kier alpha value is -0.700. The second-order valence-electron chi connectivity index (χ2n) is 3.94. The number of hydrazine groups is 2. The first-order chi connectivity index (χ1) is 6.77. The molecule has 0 saturated carbocycles. The molecule has 0 aliphatic carbocycles. The molecule has 0 atom stereocenters. The molecule has 0 aromatic heterocycles. The summed E-state index contributed by atoms with van der Waals surface area (Å²) < 4.78 is 0. The minimum Gasteiger partial charge on any atom is -0.299 e. The zero-order valence-electron chi connectivity index (χ0n) is 9.71. The van der Waals surface area contributed by atoms with E-state index < -0.39 is 0 Å². The first kappa shape index (κ1) is 11.4. The zero-order valence-corrected chi connectivity index (χ0v) is 9.71. The summed E-state index contributed by atoms with van der Waals surface area (Å²) in [5, 5.41) is 4.32. The Morgan fingerprint density at radius 3 is 2.57 bits per heavy atom. The topological polar surface area (TPSA) is 18.5 Å². The summed E-state index contributed by atoms with van der Waals surface area (Å²) in [6, 6.07) is 0. The highest BCUT2D eigenvalue weighted by atomic mass is 15.8. The minimum atomic E-state index is 1.12. The van der Waals surface area contributed by atoms with E-state index in [-0.39, 0.29) is 0 Å². The van der Waals surface area contributed by atoms with Gasteiger partial charge in [0.25, 0.3) is 0 Å². The lowest BCUT2D eigenvalue weighted by Gasteiger charge is -2.22. The molecule has 0 saturated heterocycles. The Balaban J connectivity index is 2.37. The van der Waals surface area contributed by atoms with Crippen LogP contribution in [0.2, 0.25) is 0 Å². The van der Waals surface area contributed by atoms with Gasteiger partial charge >= 0.3 is 0 Å². The summed E-state index contributed by atoms with van der Waals surface area (Å²) in [5.74, 6) is 0. The monoisotopic (exact) mass is 197 g/mol. The Kier molecular flexibility index (Phi) is 4.80. The van der Waals surface area contributed by atoms with Crippen LogP contribution in [0.3, 0.4) is 0 Å². The summed E-state index contributed by atoms with van der Waals surface area (Å²) in [6.07, 6.45) is 8.45. The van der Waals surface area contributed by atoms with Crippen molar-refractivity contribution in [2.75, 3.05) is 13.6 Å². The fourth-order valence-electron chi connectivity index (χ4n) is 1.64. The number of nitrogens with zero attached hydrogens (tertiary/aromatic N) is 2. The summed E-state index contributed by atoms with van der Waals surface area (Å²) >= 11 is 0. The third-order valence-corrected chi connectivity index (χ3v) is 2.49. The van der Waals surface area contributed by atoms with Gasteiger partial charge in [-0.1, -0.05) is 26.7 Å². The van der Waals surface area contributed by atoms with Crippen LogP contribution in [0.1, 0.15) is 46.0 Å². The molecule has 0 bridgehead atoms. The number of hydrogen-bond acceptors (Lipinski definition) is 3. The van der Waals surface area contributed by atoms with Gasteiger partial charge in [0.1, 0.15) is 0 Å². The fourth-order valence-corrected chi connectivity index (χ4v) is 1.64. The second-order valence-corrected chi connectivity index (χ2v) is 3.94. The Morgan fingerprint density at radius 2 is 1.93 bits per heavy atom. The number of hydrogen-bond donors (Lipinski definition) is 1. The van der Waals surface area contributed by atoms with Crippen LogP contribution in [0.4, 0.5) is 0 Å². The van der Waals surface area contributed by atoms with Gasteiger partial charge in [-0.05, 0) is 19.3 Å². The highest BCUT2D eigenvalue weighted by Gasteiger charge is 2.16. The van der Waals surface area contributed by atoms with Crippen molar-refractivity contribution >= 4 is 0 Å². The number of rotatable bonds is 6. The molecule has 82 valence electrons. The van der Waals surface area contributed by atoms with E-state index in [1.807, 2.05) is 5.01 Å². The van der Waals surface area contributed by atoms with Crippen molar-refractivity contribution in [1.82, 2.24) is 15.6 Å². The standard InChI is InChI=1S/C11H23N3/c1-4-6-8-11-10-13(3)12-14(11)9-7-5-2/h10,12H,4-9H2,1-3H3. The van der Waals surface area contributed by atoms with Crippen molar-refractivity contribution < 1.29 is 0 Å². The lowest BCUT2D eigenvalue weighted by Crippen LogP contribution is -2.39. The van der Waals surface area contributed by atoms with Gasteiger partial charge in [0.2, 0.25) is 0 Å². The number of nitrogens with one attached hydrogen (secondary N) is 1. The van der Waals surface area contributed by atoms with Crippen LogP contribution in [0.25, 0.3) is 0 Å². The van der Waals surface area contributed by atoms with E-state index in [1.165, 1.54) is 37.8 Å². The molecular formula is C11H23N3. The predicted molar refractivity (Wildman–Crippen MR) is 60.1 cm³/mol. The lowest BCUT2D eigenvalue weighted by molar-refractivity contribution is 0.146. The summed E-state index contributed by atoms with van der Waals surface area (Å²) in [6.45, 7) is 5.59. The van der Waals surface area contributed by atoms with Crippen LogP contribution in [0.15, 0.2) is 11.9 Å². The van der Waals surface area contributed by atoms with Gasteiger partial charge in [-0.3, -0.25) is 10.0 Å². The van der Waals surface area contributed by atoms with Gasteiger partial charge < -0.3 is 0 Å². The Labute approximate surface area is 87.7 Å². The largest absolute Gasteiger partial charge is 0.299 e. The molecule has 1 aliphatic heterocycles. The highest BCUT2D eigenvalue weighted by Crippen LogP contribution is 2.16. The molecule has 0 fully saturated rings. The molecule has 1 rings (SSSR count). The molecule has 3 nitrogen and oxygen atoms in total. The molecule has 0 aromatic carbocycles. The van der Waals surface area contributed by atoms with E-state index in [0.717, 1.165) is 6.54 Å². The zero-order chi connectivity index (χ0) is 10.4. The molecule has 3 heteroatoms. The first-order valence-corrected chi connectivity index (χ1v) is 5.75. The van der Waals surface area contributed by atoms with E-state index in [4.69, 9.17) is 0 Å². The van der Waals surface area contributed by atoms with Crippen molar-refractivity contribution in [3.8, 4) is 0 Å². The summed E-state index contributed by atoms with van der Waals surface area (Å²) in [5.41, 5.74) is 4.75. The molecule has 0 amide bonds. The van der Waals surface area contributed by atoms with Crippen molar-refractivity contribution in [3.05, 3.63) is 11.9 Å². The molecule has 1 heterocycles. The molecule has 0 aromatic rings. The SMILES string of the molecule is CCCCC1=CN(C)NN1CCCC. The average molecular weight is 197 g/mol. The van der Waals surface area contributed by atoms with Crippen LogP contribution in [-0.4, -0.2) is 23.6 Å². The van der Waals surface area contributed by atoms with Crippen LogP contribution in [0.5, 0.6) is 0 Å². The second kappa shape index (κ2) is 5.91. The average Bonchev–Trinajstić information content (AvgIpc) is 2.52. The lowest BCUT2D eigenvalue weighted by atomic mass is 10.2. The Morgan fingerprint density at radius 1 is 1.21 bits per heavy atom. The van der Waals surface area contributed by atoms with E-state index in [2.05, 4.69) is 37.6 Å². The molecule has 0 spiro atoms. The smallest absolute Gasteiger partial charge is 0.0485 e. The maximum atomic E-state index is 3.32. The minimum absolute atomic E-state index is 1.12. The maximum Gasteiger partial charge on any atom is 0.0485 e. The molecule has 1 N–H and O–H groups in total. The Bertz CT molecular complexity index is 189. The van der Waals surface area contributed by atoms with Crippen molar-refractivity contribution in [2.24, 2.45) is 0 Å². The maximum absolute atomic E-state index is 3.32. The van der Waals surface area contributed by atoms with Crippen LogP contribution >= 0.6 is 0 Å². The van der Waals surface area contributed by atoms with Crippen LogP contribution in [-0.2, 0) is 0 Å². The first-order valence-electron chi connectivity index (χ1n) is 5.75. The normalized spacial score (nSPS) is 16.4. The highest BCUT2D eigenvalue weighted by molar-refractivity contribution is 5.02. The van der Waals surface area contributed by atoms with E-state index in [9.17, 15) is 0 Å². The molecule has 1 aliphatic rings. The van der Waals surface area contributed by atoms with Crippen molar-refractivity contribution in [1.29, 1.82) is 0 Å². The van der Waals surface area contributed by atoms with E-state index in [1.54, 1.807) is 0 Å². The molecule has 0 unspecified atom stereocenters. The van der Waals surface area contributed by atoms with Gasteiger partial charge in [-0.2, -0.15) is 0 Å². The summed E-state index contributed by atoms with van der Waals surface area (Å²) in [4.78, 5) is 0. The van der Waals surface area contributed by atoms with E-state index >= 15 is 0 Å². The fraction of sp³-hybridized carbons (Fsp3) is 0.818. The van der Waals surface area contributed by atoms with Crippen LogP contribution < -0.4 is 5.53 Å².